The lowest BCUT2D eigenvalue weighted by Crippen LogP contribution is -2.20. The van der Waals surface area contributed by atoms with Gasteiger partial charge in [0.05, 0.1) is 10.6 Å². The van der Waals surface area contributed by atoms with Crippen LogP contribution in [0.2, 0.25) is 0 Å². The Kier molecular flexibility index (Phi) is 6.15. The van der Waals surface area contributed by atoms with Crippen molar-refractivity contribution in [1.29, 1.82) is 0 Å². The number of anilines is 1. The van der Waals surface area contributed by atoms with E-state index in [-0.39, 0.29) is 23.1 Å². The Balaban J connectivity index is 1.47. The van der Waals surface area contributed by atoms with Gasteiger partial charge in [-0.3, -0.25) is 9.79 Å². The van der Waals surface area contributed by atoms with Crippen LogP contribution in [-0.4, -0.2) is 28.1 Å². The molecular formula is C22H24FN3OS2. The fraction of sp³-hybridized carbons (Fsp3) is 0.409. The molecule has 1 saturated carbocycles. The number of aryl methyl sites for hydroxylation is 1. The molecule has 1 amide bonds. The van der Waals surface area contributed by atoms with Gasteiger partial charge in [-0.05, 0) is 61.7 Å². The molecule has 2 aromatic rings. The predicted octanol–water partition coefficient (Wildman–Crippen LogP) is 5.82. The minimum atomic E-state index is -0.352. The summed E-state index contributed by atoms with van der Waals surface area (Å²) in [5.74, 6) is -0.277. The van der Waals surface area contributed by atoms with Gasteiger partial charge in [-0.1, -0.05) is 36.7 Å². The normalized spacial score (nSPS) is 18.3. The highest BCUT2D eigenvalue weighted by Gasteiger charge is 2.37. The Hall–Kier alpha value is -1.99. The molecule has 1 aliphatic carbocycles. The van der Waals surface area contributed by atoms with E-state index < -0.39 is 0 Å². The number of nitrogens with zero attached hydrogens (tertiary/aromatic N) is 2. The first-order chi connectivity index (χ1) is 14.0. The molecule has 1 aromatic heterocycles. The lowest BCUT2D eigenvalue weighted by Gasteiger charge is -2.20. The maximum atomic E-state index is 13.7. The Morgan fingerprint density at radius 1 is 1.21 bits per heavy atom. The zero-order chi connectivity index (χ0) is 20.3. The number of hydrogen-bond donors (Lipinski definition) is 1. The second-order valence-electron chi connectivity index (χ2n) is 7.55. The van der Waals surface area contributed by atoms with Crippen molar-refractivity contribution in [3.05, 3.63) is 52.0 Å². The standard InChI is InChI=1S/C22H24FN3OS2/c1-15-8-9-16(13-17(15)23)24-19(27)14-29-21-20(18-7-6-12-28-18)25-22(26-21)10-4-2-3-5-11-22/h6-9,12-13H,2-5,10-11,14H2,1H3,(H,24,27). The second-order valence-corrected chi connectivity index (χ2v) is 9.46. The van der Waals surface area contributed by atoms with Crippen LogP contribution >= 0.6 is 23.1 Å². The molecule has 2 heterocycles. The average molecular weight is 430 g/mol. The smallest absolute Gasteiger partial charge is 0.234 e. The molecule has 0 atom stereocenters. The number of thiophene rings is 1. The van der Waals surface area contributed by atoms with E-state index in [1.54, 1.807) is 30.4 Å². The Morgan fingerprint density at radius 3 is 2.69 bits per heavy atom. The third-order valence-corrected chi connectivity index (χ3v) is 7.13. The van der Waals surface area contributed by atoms with E-state index in [2.05, 4.69) is 11.4 Å². The molecule has 1 fully saturated rings. The molecule has 152 valence electrons. The first kappa shape index (κ1) is 20.3. The summed E-state index contributed by atoms with van der Waals surface area (Å²) in [7, 11) is 0. The van der Waals surface area contributed by atoms with Gasteiger partial charge in [-0.2, -0.15) is 0 Å². The Morgan fingerprint density at radius 2 is 2.00 bits per heavy atom. The fourth-order valence-electron chi connectivity index (χ4n) is 3.72. The molecule has 4 rings (SSSR count). The third kappa shape index (κ3) is 4.78. The van der Waals surface area contributed by atoms with Crippen molar-refractivity contribution < 1.29 is 9.18 Å². The highest BCUT2D eigenvalue weighted by atomic mass is 32.2. The van der Waals surface area contributed by atoms with Crippen LogP contribution in [-0.2, 0) is 4.79 Å². The highest BCUT2D eigenvalue weighted by molar-refractivity contribution is 8.16. The predicted molar refractivity (Wildman–Crippen MR) is 121 cm³/mol. The summed E-state index contributed by atoms with van der Waals surface area (Å²) in [5.41, 5.74) is 1.60. The molecule has 1 spiro atoms. The molecule has 4 nitrogen and oxygen atoms in total. The number of nitrogens with one attached hydrogen (secondary N) is 1. The van der Waals surface area contributed by atoms with Gasteiger partial charge in [-0.25, -0.2) is 9.38 Å². The quantitative estimate of drug-likeness (QED) is 0.666. The topological polar surface area (TPSA) is 53.8 Å². The van der Waals surface area contributed by atoms with E-state index >= 15 is 0 Å². The molecule has 0 unspecified atom stereocenters. The van der Waals surface area contributed by atoms with Crippen LogP contribution in [0.25, 0.3) is 0 Å². The number of halogens is 1. The first-order valence-electron chi connectivity index (χ1n) is 9.97. The maximum absolute atomic E-state index is 13.7. The molecule has 0 saturated heterocycles. The molecule has 1 N–H and O–H groups in total. The molecular weight excluding hydrogens is 405 g/mol. The lowest BCUT2D eigenvalue weighted by atomic mass is 10.0. The van der Waals surface area contributed by atoms with Gasteiger partial charge >= 0.3 is 0 Å². The number of thioether (sulfide) groups is 1. The van der Waals surface area contributed by atoms with Gasteiger partial charge in [0.2, 0.25) is 5.91 Å². The molecule has 29 heavy (non-hydrogen) atoms. The zero-order valence-corrected chi connectivity index (χ0v) is 18.0. The van der Waals surface area contributed by atoms with E-state index in [1.165, 1.54) is 30.7 Å². The highest BCUT2D eigenvalue weighted by Crippen LogP contribution is 2.38. The molecule has 0 bridgehead atoms. The van der Waals surface area contributed by atoms with Gasteiger partial charge in [-0.15, -0.1) is 11.3 Å². The second kappa shape index (κ2) is 8.79. The number of amides is 1. The summed E-state index contributed by atoms with van der Waals surface area (Å²) in [6.07, 6.45) is 6.70. The Bertz CT molecular complexity index is 945. The van der Waals surface area contributed by atoms with Crippen molar-refractivity contribution in [3.63, 3.8) is 0 Å². The van der Waals surface area contributed by atoms with Crippen molar-refractivity contribution in [2.45, 2.75) is 51.1 Å². The monoisotopic (exact) mass is 429 g/mol. The number of hydrogen-bond acceptors (Lipinski definition) is 5. The van der Waals surface area contributed by atoms with Crippen molar-refractivity contribution in [3.8, 4) is 0 Å². The van der Waals surface area contributed by atoms with Gasteiger partial charge in [0, 0.05) is 5.69 Å². The fourth-order valence-corrected chi connectivity index (χ4v) is 5.36. The number of carbonyl (C=O) groups is 1. The largest absolute Gasteiger partial charge is 0.325 e. The molecule has 0 radical (unpaired) electrons. The minimum absolute atomic E-state index is 0.173. The van der Waals surface area contributed by atoms with Crippen LogP contribution in [0.3, 0.4) is 0 Å². The SMILES string of the molecule is Cc1ccc(NC(=O)CSC2=NC3(CCCCCC3)N=C2c2cccs2)cc1F. The first-order valence-corrected chi connectivity index (χ1v) is 11.8. The van der Waals surface area contributed by atoms with Crippen molar-refractivity contribution in [2.75, 3.05) is 11.1 Å². The van der Waals surface area contributed by atoms with Gasteiger partial charge < -0.3 is 5.32 Å². The number of benzene rings is 1. The van der Waals surface area contributed by atoms with Crippen LogP contribution in [0, 0.1) is 12.7 Å². The summed E-state index contributed by atoms with van der Waals surface area (Å²) in [5, 5.41) is 5.66. The van der Waals surface area contributed by atoms with Crippen LogP contribution in [0.4, 0.5) is 10.1 Å². The van der Waals surface area contributed by atoms with E-state index in [9.17, 15) is 9.18 Å². The van der Waals surface area contributed by atoms with E-state index in [4.69, 9.17) is 9.98 Å². The van der Waals surface area contributed by atoms with E-state index in [0.717, 1.165) is 41.3 Å². The van der Waals surface area contributed by atoms with E-state index in [1.807, 2.05) is 11.4 Å². The average Bonchev–Trinajstić information content (AvgIpc) is 3.28. The molecule has 7 heteroatoms. The van der Waals surface area contributed by atoms with Crippen LogP contribution < -0.4 is 5.32 Å². The van der Waals surface area contributed by atoms with Crippen LogP contribution in [0.5, 0.6) is 0 Å². The summed E-state index contributed by atoms with van der Waals surface area (Å²) in [4.78, 5) is 23.6. The third-order valence-electron chi connectivity index (χ3n) is 5.29. The van der Waals surface area contributed by atoms with Crippen LogP contribution in [0.15, 0.2) is 45.7 Å². The maximum Gasteiger partial charge on any atom is 0.234 e. The summed E-state index contributed by atoms with van der Waals surface area (Å²) in [6, 6.07) is 8.81. The zero-order valence-electron chi connectivity index (χ0n) is 16.4. The molecule has 2 aliphatic rings. The van der Waals surface area contributed by atoms with Gasteiger partial charge in [0.25, 0.3) is 0 Å². The minimum Gasteiger partial charge on any atom is -0.325 e. The molecule has 1 aromatic carbocycles. The van der Waals surface area contributed by atoms with Gasteiger partial charge in [0.15, 0.2) is 5.66 Å². The van der Waals surface area contributed by atoms with Gasteiger partial charge in [0.1, 0.15) is 16.6 Å². The Labute approximate surface area is 178 Å². The summed E-state index contributed by atoms with van der Waals surface area (Å²) < 4.78 is 13.7. The summed E-state index contributed by atoms with van der Waals surface area (Å²) >= 11 is 3.07. The van der Waals surface area contributed by atoms with Crippen molar-refractivity contribution in [1.82, 2.24) is 0 Å². The van der Waals surface area contributed by atoms with Crippen LogP contribution in [0.1, 0.15) is 49.0 Å². The summed E-state index contributed by atoms with van der Waals surface area (Å²) in [6.45, 7) is 1.70. The van der Waals surface area contributed by atoms with Crippen molar-refractivity contribution >= 4 is 45.4 Å². The van der Waals surface area contributed by atoms with E-state index in [0.29, 0.717) is 11.3 Å². The number of rotatable bonds is 4. The number of aliphatic imine (C=N–C) groups is 2. The van der Waals surface area contributed by atoms with Crippen molar-refractivity contribution in [2.24, 2.45) is 9.98 Å². The lowest BCUT2D eigenvalue weighted by molar-refractivity contribution is -0.113. The number of carbonyl (C=O) groups excluding carboxylic acids is 1. The molecule has 1 aliphatic heterocycles.